The summed E-state index contributed by atoms with van der Waals surface area (Å²) in [6, 6.07) is 3.12. The Hall–Kier alpha value is -1.27. The van der Waals surface area contributed by atoms with Gasteiger partial charge in [0.05, 0.1) is 14.2 Å². The number of aryl methyl sites for hydroxylation is 1. The quantitative estimate of drug-likeness (QED) is 0.817. The van der Waals surface area contributed by atoms with Crippen LogP contribution in [0.3, 0.4) is 0 Å². The molecule has 1 aromatic rings. The Labute approximate surface area is 102 Å². The molecule has 1 rings (SSSR count). The van der Waals surface area contributed by atoms with E-state index in [1.807, 2.05) is 6.92 Å². The summed E-state index contributed by atoms with van der Waals surface area (Å²) in [4.78, 5) is 0.104. The minimum absolute atomic E-state index is 0.104. The van der Waals surface area contributed by atoms with Crippen molar-refractivity contribution in [3.63, 3.8) is 0 Å². The number of benzene rings is 1. The maximum atomic E-state index is 12.1. The third-order valence-electron chi connectivity index (χ3n) is 2.44. The van der Waals surface area contributed by atoms with Crippen molar-refractivity contribution >= 4 is 10.0 Å². The first kappa shape index (κ1) is 13.8. The minimum atomic E-state index is -3.54. The third-order valence-corrected chi connectivity index (χ3v) is 4.28. The minimum Gasteiger partial charge on any atom is -0.496 e. The van der Waals surface area contributed by atoms with E-state index in [1.54, 1.807) is 6.07 Å². The fourth-order valence-electron chi connectivity index (χ4n) is 1.42. The number of hydrogen-bond donors (Lipinski definition) is 0. The molecular formula is C11H17NO4S. The van der Waals surface area contributed by atoms with Crippen molar-refractivity contribution < 1.29 is 17.9 Å². The van der Waals surface area contributed by atoms with Crippen LogP contribution in [0.5, 0.6) is 11.5 Å². The Kier molecular flexibility index (Phi) is 4.00. The van der Waals surface area contributed by atoms with Gasteiger partial charge in [0, 0.05) is 20.2 Å². The summed E-state index contributed by atoms with van der Waals surface area (Å²) < 4.78 is 35.5. The summed E-state index contributed by atoms with van der Waals surface area (Å²) in [5.74, 6) is 0.836. The van der Waals surface area contributed by atoms with Crippen LogP contribution in [0.15, 0.2) is 17.0 Å². The molecule has 0 unspecified atom stereocenters. The van der Waals surface area contributed by atoms with Gasteiger partial charge in [-0.15, -0.1) is 0 Å². The van der Waals surface area contributed by atoms with E-state index in [0.29, 0.717) is 11.5 Å². The van der Waals surface area contributed by atoms with Crippen LogP contribution in [0.25, 0.3) is 0 Å². The van der Waals surface area contributed by atoms with Gasteiger partial charge in [0.25, 0.3) is 0 Å². The van der Waals surface area contributed by atoms with Gasteiger partial charge in [-0.1, -0.05) is 0 Å². The highest BCUT2D eigenvalue weighted by molar-refractivity contribution is 7.89. The van der Waals surface area contributed by atoms with Gasteiger partial charge in [-0.2, -0.15) is 0 Å². The van der Waals surface area contributed by atoms with E-state index in [0.717, 1.165) is 9.87 Å². The first-order valence-corrected chi connectivity index (χ1v) is 6.43. The zero-order chi connectivity index (χ0) is 13.2. The Morgan fingerprint density at radius 2 is 1.59 bits per heavy atom. The summed E-state index contributed by atoms with van der Waals surface area (Å²) >= 11 is 0. The normalized spacial score (nSPS) is 11.6. The van der Waals surface area contributed by atoms with E-state index in [1.165, 1.54) is 34.4 Å². The average molecular weight is 259 g/mol. The number of methoxy groups -OCH3 is 2. The van der Waals surface area contributed by atoms with E-state index in [4.69, 9.17) is 9.47 Å². The van der Waals surface area contributed by atoms with Crippen LogP contribution in [0, 0.1) is 6.92 Å². The molecule has 0 heterocycles. The number of hydrogen-bond acceptors (Lipinski definition) is 4. The van der Waals surface area contributed by atoms with Crippen LogP contribution in [0.1, 0.15) is 5.56 Å². The molecule has 0 bridgehead atoms. The molecule has 0 amide bonds. The lowest BCUT2D eigenvalue weighted by molar-refractivity contribution is 0.388. The van der Waals surface area contributed by atoms with E-state index in [2.05, 4.69) is 0 Å². The van der Waals surface area contributed by atoms with Crippen LogP contribution >= 0.6 is 0 Å². The van der Waals surface area contributed by atoms with Gasteiger partial charge in [0.2, 0.25) is 10.0 Å². The molecule has 6 heteroatoms. The van der Waals surface area contributed by atoms with Crippen LogP contribution < -0.4 is 9.47 Å². The average Bonchev–Trinajstić information content (AvgIpc) is 2.27. The van der Waals surface area contributed by atoms with Gasteiger partial charge in [-0.3, -0.25) is 0 Å². The van der Waals surface area contributed by atoms with E-state index >= 15 is 0 Å². The van der Waals surface area contributed by atoms with Gasteiger partial charge < -0.3 is 9.47 Å². The molecule has 0 aliphatic rings. The SMILES string of the molecule is COc1cc(S(=O)(=O)N(C)C)c(OC)cc1C. The van der Waals surface area contributed by atoms with Crippen molar-refractivity contribution in [3.8, 4) is 11.5 Å². The lowest BCUT2D eigenvalue weighted by atomic mass is 10.2. The topological polar surface area (TPSA) is 55.8 Å². The monoisotopic (exact) mass is 259 g/mol. The molecule has 5 nitrogen and oxygen atoms in total. The highest BCUT2D eigenvalue weighted by atomic mass is 32.2. The van der Waals surface area contributed by atoms with Gasteiger partial charge in [0.15, 0.2) is 0 Å². The molecule has 0 radical (unpaired) electrons. The molecule has 0 N–H and O–H groups in total. The zero-order valence-electron chi connectivity index (χ0n) is 10.6. The molecular weight excluding hydrogens is 242 g/mol. The molecule has 96 valence electrons. The van der Waals surface area contributed by atoms with Crippen molar-refractivity contribution in [2.24, 2.45) is 0 Å². The second-order valence-electron chi connectivity index (χ2n) is 3.76. The molecule has 0 atom stereocenters. The van der Waals surface area contributed by atoms with Crippen LogP contribution in [-0.2, 0) is 10.0 Å². The molecule has 0 fully saturated rings. The maximum absolute atomic E-state index is 12.1. The van der Waals surface area contributed by atoms with E-state index in [-0.39, 0.29) is 4.90 Å². The maximum Gasteiger partial charge on any atom is 0.246 e. The van der Waals surface area contributed by atoms with Crippen molar-refractivity contribution in [1.29, 1.82) is 0 Å². The van der Waals surface area contributed by atoms with E-state index in [9.17, 15) is 8.42 Å². The smallest absolute Gasteiger partial charge is 0.246 e. The van der Waals surface area contributed by atoms with Crippen molar-refractivity contribution in [1.82, 2.24) is 4.31 Å². The number of rotatable bonds is 4. The Morgan fingerprint density at radius 1 is 1.06 bits per heavy atom. The summed E-state index contributed by atoms with van der Waals surface area (Å²) in [5, 5.41) is 0. The summed E-state index contributed by atoms with van der Waals surface area (Å²) in [6.07, 6.45) is 0. The summed E-state index contributed by atoms with van der Waals surface area (Å²) in [5.41, 5.74) is 0.821. The molecule has 1 aromatic carbocycles. The molecule has 0 aliphatic heterocycles. The van der Waals surface area contributed by atoms with Crippen molar-refractivity contribution in [3.05, 3.63) is 17.7 Å². The van der Waals surface area contributed by atoms with Gasteiger partial charge in [0.1, 0.15) is 16.4 Å². The molecule has 17 heavy (non-hydrogen) atoms. The lowest BCUT2D eigenvalue weighted by Crippen LogP contribution is -2.22. The third kappa shape index (κ3) is 2.53. The van der Waals surface area contributed by atoms with Crippen LogP contribution in [0.2, 0.25) is 0 Å². The van der Waals surface area contributed by atoms with Crippen LogP contribution in [0.4, 0.5) is 0 Å². The second kappa shape index (κ2) is 4.93. The standard InChI is InChI=1S/C11H17NO4S/c1-8-6-10(16-5)11(7-9(8)15-4)17(13,14)12(2)3/h6-7H,1-5H3. The van der Waals surface area contributed by atoms with E-state index < -0.39 is 10.0 Å². The largest absolute Gasteiger partial charge is 0.496 e. The highest BCUT2D eigenvalue weighted by Crippen LogP contribution is 2.32. The van der Waals surface area contributed by atoms with Gasteiger partial charge in [-0.25, -0.2) is 12.7 Å². The Balaban J connectivity index is 3.52. The van der Waals surface area contributed by atoms with Gasteiger partial charge in [-0.05, 0) is 18.6 Å². The van der Waals surface area contributed by atoms with Crippen LogP contribution in [-0.4, -0.2) is 41.0 Å². The number of nitrogens with zero attached hydrogens (tertiary/aromatic N) is 1. The highest BCUT2D eigenvalue weighted by Gasteiger charge is 2.23. The Bertz CT molecular complexity index is 508. The molecule has 0 aromatic heterocycles. The zero-order valence-corrected chi connectivity index (χ0v) is 11.5. The predicted molar refractivity (Wildman–Crippen MR) is 65.2 cm³/mol. The van der Waals surface area contributed by atoms with Gasteiger partial charge >= 0.3 is 0 Å². The molecule has 0 spiro atoms. The van der Waals surface area contributed by atoms with Crippen molar-refractivity contribution in [2.75, 3.05) is 28.3 Å². The summed E-state index contributed by atoms with van der Waals surface area (Å²) in [7, 11) is 2.35. The second-order valence-corrected chi connectivity index (χ2v) is 5.88. The van der Waals surface area contributed by atoms with Crippen molar-refractivity contribution in [2.45, 2.75) is 11.8 Å². The summed E-state index contributed by atoms with van der Waals surface area (Å²) in [6.45, 7) is 1.83. The predicted octanol–water partition coefficient (Wildman–Crippen LogP) is 1.26. The fourth-order valence-corrected chi connectivity index (χ4v) is 2.47. The lowest BCUT2D eigenvalue weighted by Gasteiger charge is -2.16. The first-order valence-electron chi connectivity index (χ1n) is 4.99. The first-order chi connectivity index (χ1) is 7.84. The molecule has 0 saturated carbocycles. The number of sulfonamides is 1. The number of ether oxygens (including phenoxy) is 2. The fraction of sp³-hybridized carbons (Fsp3) is 0.455. The molecule has 0 saturated heterocycles. The Morgan fingerprint density at radius 3 is 2.00 bits per heavy atom. The molecule has 0 aliphatic carbocycles.